The smallest absolute Gasteiger partial charge is 0.227 e. The van der Waals surface area contributed by atoms with Crippen LogP contribution in [0.15, 0.2) is 22.7 Å². The molecule has 1 aliphatic carbocycles. The fraction of sp³-hybridized carbons (Fsp3) is 0.462. The van der Waals surface area contributed by atoms with Crippen molar-refractivity contribution in [1.29, 1.82) is 0 Å². The Morgan fingerprint density at radius 3 is 2.83 bits per heavy atom. The molecule has 0 aromatic heterocycles. The van der Waals surface area contributed by atoms with Gasteiger partial charge in [-0.3, -0.25) is 4.79 Å². The molecule has 3 N–H and O–H groups in total. The van der Waals surface area contributed by atoms with Crippen LogP contribution in [0.1, 0.15) is 18.4 Å². The Hall–Kier alpha value is -0.940. The number of carbonyl (C=O) groups excluding carboxylic acids is 1. The summed E-state index contributed by atoms with van der Waals surface area (Å²) >= 11 is 3.30. The van der Waals surface area contributed by atoms with E-state index in [-0.39, 0.29) is 17.1 Å². The summed E-state index contributed by atoms with van der Waals surface area (Å²) in [4.78, 5) is 11.8. The lowest BCUT2D eigenvalue weighted by molar-refractivity contribution is -0.125. The van der Waals surface area contributed by atoms with Crippen LogP contribution >= 0.6 is 15.9 Å². The minimum absolute atomic E-state index is 0.000375. The number of carbonyl (C=O) groups is 1. The van der Waals surface area contributed by atoms with E-state index in [1.807, 2.05) is 0 Å². The van der Waals surface area contributed by atoms with Crippen molar-refractivity contribution in [2.45, 2.75) is 19.3 Å². The van der Waals surface area contributed by atoms with Crippen molar-refractivity contribution < 1.29 is 9.18 Å². The van der Waals surface area contributed by atoms with Crippen molar-refractivity contribution in [3.05, 3.63) is 34.1 Å². The zero-order chi connectivity index (χ0) is 13.2. The summed E-state index contributed by atoms with van der Waals surface area (Å²) in [6.07, 6.45) is 2.21. The largest absolute Gasteiger partial charge is 0.355 e. The highest BCUT2D eigenvalue weighted by Gasteiger charge is 2.48. The number of rotatable bonds is 5. The van der Waals surface area contributed by atoms with Crippen LogP contribution in [-0.2, 0) is 11.2 Å². The van der Waals surface area contributed by atoms with Crippen molar-refractivity contribution in [2.24, 2.45) is 11.1 Å². The molecule has 5 heteroatoms. The molecule has 0 saturated heterocycles. The lowest BCUT2D eigenvalue weighted by atomic mass is 10.1. The van der Waals surface area contributed by atoms with Crippen molar-refractivity contribution in [3.8, 4) is 0 Å². The Labute approximate surface area is 114 Å². The van der Waals surface area contributed by atoms with Gasteiger partial charge in [0.25, 0.3) is 0 Å². The topological polar surface area (TPSA) is 55.1 Å². The minimum Gasteiger partial charge on any atom is -0.355 e. The summed E-state index contributed by atoms with van der Waals surface area (Å²) in [5.74, 6) is -0.243. The molecule has 1 fully saturated rings. The Balaban J connectivity index is 1.85. The first-order valence-electron chi connectivity index (χ1n) is 6.00. The second kappa shape index (κ2) is 5.36. The fourth-order valence-electron chi connectivity index (χ4n) is 1.91. The second-order valence-corrected chi connectivity index (χ2v) is 5.64. The van der Waals surface area contributed by atoms with Crippen LogP contribution in [0.25, 0.3) is 0 Å². The molecule has 1 aromatic rings. The Morgan fingerprint density at radius 1 is 1.50 bits per heavy atom. The van der Waals surface area contributed by atoms with Gasteiger partial charge >= 0.3 is 0 Å². The lowest BCUT2D eigenvalue weighted by Gasteiger charge is -2.12. The third-order valence-electron chi connectivity index (χ3n) is 3.41. The van der Waals surface area contributed by atoms with E-state index >= 15 is 0 Å². The Kier molecular flexibility index (Phi) is 4.02. The summed E-state index contributed by atoms with van der Waals surface area (Å²) in [6.45, 7) is 0.831. The van der Waals surface area contributed by atoms with Gasteiger partial charge in [0, 0.05) is 17.6 Å². The van der Waals surface area contributed by atoms with Gasteiger partial charge in [-0.15, -0.1) is 0 Å². The van der Waals surface area contributed by atoms with Gasteiger partial charge in [0.05, 0.1) is 5.41 Å². The van der Waals surface area contributed by atoms with Crippen molar-refractivity contribution >= 4 is 21.8 Å². The third-order valence-corrected chi connectivity index (χ3v) is 3.91. The number of amides is 1. The average molecular weight is 315 g/mol. The first-order chi connectivity index (χ1) is 8.57. The summed E-state index contributed by atoms with van der Waals surface area (Å²) in [5.41, 5.74) is 5.83. The van der Waals surface area contributed by atoms with Gasteiger partial charge in [-0.25, -0.2) is 4.39 Å². The monoisotopic (exact) mass is 314 g/mol. The zero-order valence-corrected chi connectivity index (χ0v) is 11.6. The molecule has 0 aliphatic heterocycles. The molecule has 18 heavy (non-hydrogen) atoms. The SMILES string of the molecule is NCC1(C(=O)NCCc2cc(Br)ccc2F)CC1. The summed E-state index contributed by atoms with van der Waals surface area (Å²) in [6, 6.07) is 4.81. The average Bonchev–Trinajstić information content (AvgIpc) is 3.14. The van der Waals surface area contributed by atoms with E-state index in [9.17, 15) is 9.18 Å². The summed E-state index contributed by atoms with van der Waals surface area (Å²) < 4.78 is 14.3. The molecule has 0 bridgehead atoms. The number of nitrogens with one attached hydrogen (secondary N) is 1. The van der Waals surface area contributed by atoms with Gasteiger partial charge < -0.3 is 11.1 Å². The van der Waals surface area contributed by atoms with Crippen molar-refractivity contribution in [2.75, 3.05) is 13.1 Å². The minimum atomic E-state index is -0.337. The maximum absolute atomic E-state index is 13.5. The highest BCUT2D eigenvalue weighted by molar-refractivity contribution is 9.10. The molecule has 1 aliphatic rings. The predicted molar refractivity (Wildman–Crippen MR) is 71.5 cm³/mol. The number of benzene rings is 1. The summed E-state index contributed by atoms with van der Waals surface area (Å²) in [5, 5.41) is 2.83. The lowest BCUT2D eigenvalue weighted by Crippen LogP contribution is -2.37. The van der Waals surface area contributed by atoms with Crippen LogP contribution in [0.2, 0.25) is 0 Å². The summed E-state index contributed by atoms with van der Waals surface area (Å²) in [7, 11) is 0. The molecule has 3 nitrogen and oxygen atoms in total. The zero-order valence-electron chi connectivity index (χ0n) is 10.0. The number of halogens is 2. The van der Waals surface area contributed by atoms with Crippen LogP contribution in [0, 0.1) is 11.2 Å². The van der Waals surface area contributed by atoms with E-state index in [4.69, 9.17) is 5.73 Å². The quantitative estimate of drug-likeness (QED) is 0.873. The predicted octanol–water partition coefficient (Wildman–Crippen LogP) is 1.99. The molecule has 1 aromatic carbocycles. The second-order valence-electron chi connectivity index (χ2n) is 4.73. The van der Waals surface area contributed by atoms with Gasteiger partial charge in [-0.2, -0.15) is 0 Å². The van der Waals surface area contributed by atoms with Gasteiger partial charge in [0.15, 0.2) is 0 Å². The molecule has 1 saturated carbocycles. The first-order valence-corrected chi connectivity index (χ1v) is 6.79. The van der Waals surface area contributed by atoms with Crippen LogP contribution in [0.5, 0.6) is 0 Å². The van der Waals surface area contributed by atoms with Crippen LogP contribution < -0.4 is 11.1 Å². The molecule has 0 atom stereocenters. The molecule has 0 heterocycles. The molecular weight excluding hydrogens is 299 g/mol. The van der Waals surface area contributed by atoms with E-state index in [0.717, 1.165) is 17.3 Å². The highest BCUT2D eigenvalue weighted by Crippen LogP contribution is 2.44. The van der Waals surface area contributed by atoms with Gasteiger partial charge in [-0.05, 0) is 43.0 Å². The van der Waals surface area contributed by atoms with Crippen molar-refractivity contribution in [1.82, 2.24) is 5.32 Å². The van der Waals surface area contributed by atoms with Crippen LogP contribution in [-0.4, -0.2) is 19.0 Å². The number of hydrogen-bond donors (Lipinski definition) is 2. The maximum Gasteiger partial charge on any atom is 0.227 e. The molecular formula is C13H16BrFN2O. The Bertz CT molecular complexity index is 460. The highest BCUT2D eigenvalue weighted by atomic mass is 79.9. The number of nitrogens with two attached hydrogens (primary N) is 1. The van der Waals surface area contributed by atoms with Crippen LogP contribution in [0.3, 0.4) is 0 Å². The standard InChI is InChI=1S/C13H16BrFN2O/c14-10-1-2-11(15)9(7-10)3-6-17-12(18)13(8-16)4-5-13/h1-2,7H,3-6,8,16H2,(H,17,18). The first kappa shape index (κ1) is 13.5. The molecule has 2 rings (SSSR count). The molecule has 0 radical (unpaired) electrons. The Morgan fingerprint density at radius 2 is 2.22 bits per heavy atom. The maximum atomic E-state index is 13.5. The van der Waals surface area contributed by atoms with Gasteiger partial charge in [0.1, 0.15) is 5.82 Å². The normalized spacial score (nSPS) is 16.4. The number of hydrogen-bond acceptors (Lipinski definition) is 2. The van der Waals surface area contributed by atoms with E-state index in [1.165, 1.54) is 6.07 Å². The van der Waals surface area contributed by atoms with Crippen LogP contribution in [0.4, 0.5) is 4.39 Å². The fourth-order valence-corrected chi connectivity index (χ4v) is 2.32. The molecule has 0 spiro atoms. The third kappa shape index (κ3) is 2.90. The van der Waals surface area contributed by atoms with E-state index in [0.29, 0.717) is 25.1 Å². The van der Waals surface area contributed by atoms with Gasteiger partial charge in [0.2, 0.25) is 5.91 Å². The molecule has 0 unspecified atom stereocenters. The van der Waals surface area contributed by atoms with Crippen molar-refractivity contribution in [3.63, 3.8) is 0 Å². The molecule has 98 valence electrons. The molecule has 1 amide bonds. The van der Waals surface area contributed by atoms with E-state index < -0.39 is 0 Å². The van der Waals surface area contributed by atoms with Gasteiger partial charge in [-0.1, -0.05) is 15.9 Å². The van der Waals surface area contributed by atoms with E-state index in [1.54, 1.807) is 12.1 Å². The van der Waals surface area contributed by atoms with E-state index in [2.05, 4.69) is 21.2 Å².